The fraction of sp³-hybridized carbons (Fsp3) is 0.550. The molecule has 0 aliphatic carbocycles. The van der Waals surface area contributed by atoms with Gasteiger partial charge in [0.05, 0.1) is 0 Å². The molecule has 28 heavy (non-hydrogen) atoms. The van der Waals surface area contributed by atoms with E-state index in [4.69, 9.17) is 4.74 Å². The van der Waals surface area contributed by atoms with Crippen molar-refractivity contribution in [2.45, 2.75) is 30.6 Å². The molecule has 0 bridgehead atoms. The fourth-order valence-corrected chi connectivity index (χ4v) is 5.64. The molecule has 1 aliphatic rings. The van der Waals surface area contributed by atoms with E-state index in [0.717, 1.165) is 49.2 Å². The Morgan fingerprint density at radius 3 is 2.75 bits per heavy atom. The summed E-state index contributed by atoms with van der Waals surface area (Å²) in [6.07, 6.45) is 1.56. The number of nitrogens with zero attached hydrogens (tertiary/aromatic N) is 1. The highest BCUT2D eigenvalue weighted by atomic mass is 127. The summed E-state index contributed by atoms with van der Waals surface area (Å²) in [5.41, 5.74) is 0. The van der Waals surface area contributed by atoms with E-state index < -0.39 is 6.10 Å². The molecule has 2 heterocycles. The van der Waals surface area contributed by atoms with Crippen molar-refractivity contribution in [2.75, 3.05) is 39.1 Å². The highest BCUT2D eigenvalue weighted by molar-refractivity contribution is 14.0. The Hall–Kier alpha value is -0.550. The summed E-state index contributed by atoms with van der Waals surface area (Å²) in [7, 11) is 1.77. The average Bonchev–Trinajstić information content (AvgIpc) is 3.13. The Bertz CT molecular complexity index is 724. The van der Waals surface area contributed by atoms with Gasteiger partial charge in [-0.15, -0.1) is 35.3 Å². The number of hydrogen-bond donors (Lipinski definition) is 3. The molecular weight excluding hydrogens is 505 g/mol. The first kappa shape index (κ1) is 23.7. The minimum absolute atomic E-state index is 0. The van der Waals surface area contributed by atoms with Gasteiger partial charge in [0.1, 0.15) is 6.10 Å². The Kier molecular flexibility index (Phi) is 9.82. The summed E-state index contributed by atoms with van der Waals surface area (Å²) in [4.78, 5) is 5.29. The zero-order valence-corrected chi connectivity index (χ0v) is 20.4. The number of aliphatic hydroxyl groups is 1. The van der Waals surface area contributed by atoms with Crippen molar-refractivity contribution in [1.29, 1.82) is 0 Å². The van der Waals surface area contributed by atoms with Gasteiger partial charge in [0.25, 0.3) is 0 Å². The molecule has 2 aromatic rings. The maximum Gasteiger partial charge on any atom is 0.191 e. The van der Waals surface area contributed by atoms with Gasteiger partial charge in [0, 0.05) is 47.7 Å². The number of fused-ring (bicyclic) bond motifs is 1. The third kappa shape index (κ3) is 6.22. The zero-order chi connectivity index (χ0) is 19.1. The molecule has 1 saturated heterocycles. The van der Waals surface area contributed by atoms with E-state index in [1.165, 1.54) is 10.1 Å². The van der Waals surface area contributed by atoms with Gasteiger partial charge in [0.2, 0.25) is 0 Å². The first-order valence-electron chi connectivity index (χ1n) is 9.48. The van der Waals surface area contributed by atoms with Gasteiger partial charge in [-0.3, -0.25) is 4.99 Å². The van der Waals surface area contributed by atoms with Crippen molar-refractivity contribution in [3.8, 4) is 0 Å². The molecule has 1 aromatic carbocycles. The van der Waals surface area contributed by atoms with Crippen LogP contribution in [0.15, 0.2) is 35.3 Å². The van der Waals surface area contributed by atoms with E-state index >= 15 is 0 Å². The van der Waals surface area contributed by atoms with Gasteiger partial charge in [-0.2, -0.15) is 11.8 Å². The molecule has 3 N–H and O–H groups in total. The van der Waals surface area contributed by atoms with E-state index in [1.54, 1.807) is 18.4 Å². The second-order valence-electron chi connectivity index (χ2n) is 6.74. The second-order valence-corrected chi connectivity index (χ2v) is 9.58. The van der Waals surface area contributed by atoms with Crippen molar-refractivity contribution in [1.82, 2.24) is 10.6 Å². The summed E-state index contributed by atoms with van der Waals surface area (Å²) in [5.74, 6) is 1.83. The van der Waals surface area contributed by atoms with E-state index in [9.17, 15) is 5.11 Å². The molecule has 0 amide bonds. The Labute approximate surface area is 192 Å². The van der Waals surface area contributed by atoms with Crippen LogP contribution in [0.5, 0.6) is 0 Å². The van der Waals surface area contributed by atoms with Crippen molar-refractivity contribution in [3.63, 3.8) is 0 Å². The van der Waals surface area contributed by atoms with Crippen molar-refractivity contribution in [2.24, 2.45) is 4.99 Å². The second kappa shape index (κ2) is 11.6. The Balaban J connectivity index is 0.00000280. The lowest BCUT2D eigenvalue weighted by Gasteiger charge is -2.37. The predicted molar refractivity (Wildman–Crippen MR) is 132 cm³/mol. The van der Waals surface area contributed by atoms with Crippen molar-refractivity contribution in [3.05, 3.63) is 35.2 Å². The maximum atomic E-state index is 10.6. The highest BCUT2D eigenvalue weighted by Gasteiger charge is 2.32. The number of rotatable bonds is 7. The van der Waals surface area contributed by atoms with Crippen LogP contribution >= 0.6 is 47.1 Å². The molecule has 3 rings (SSSR count). The standard InChI is InChI=1S/C20H29N3O2S2.HI/c1-3-26-20(8-10-25-11-9-20)14-23-19(21-2)22-13-16(24)18-12-15-6-4-5-7-17(15)27-18;/h4-7,12,16,24H,3,8-11,13-14H2,1-2H3,(H2,21,22,23);1H. The summed E-state index contributed by atoms with van der Waals surface area (Å²) >= 11 is 3.64. The molecule has 0 saturated carbocycles. The number of thiophene rings is 1. The lowest BCUT2D eigenvalue weighted by atomic mass is 9.99. The molecular formula is C20H30IN3O2S2. The molecule has 1 aliphatic heterocycles. The number of guanidine groups is 1. The number of aliphatic hydroxyl groups excluding tert-OH is 1. The summed E-state index contributed by atoms with van der Waals surface area (Å²) in [6.45, 7) is 5.14. The number of hydrogen-bond acceptors (Lipinski definition) is 5. The summed E-state index contributed by atoms with van der Waals surface area (Å²) < 4.78 is 6.94. The molecule has 8 heteroatoms. The monoisotopic (exact) mass is 535 g/mol. The van der Waals surface area contributed by atoms with Crippen molar-refractivity contribution >= 4 is 63.1 Å². The molecule has 1 fully saturated rings. The molecule has 1 unspecified atom stereocenters. The lowest BCUT2D eigenvalue weighted by molar-refractivity contribution is 0.0782. The quantitative estimate of drug-likeness (QED) is 0.284. The molecule has 1 aromatic heterocycles. The number of halogens is 1. The van der Waals surface area contributed by atoms with E-state index in [2.05, 4.69) is 40.7 Å². The number of benzene rings is 1. The van der Waals surface area contributed by atoms with Crippen LogP contribution in [-0.4, -0.2) is 54.9 Å². The summed E-state index contributed by atoms with van der Waals surface area (Å²) in [5, 5.41) is 18.5. The van der Waals surface area contributed by atoms with Crippen LogP contribution in [0.25, 0.3) is 10.1 Å². The molecule has 0 spiro atoms. The van der Waals surface area contributed by atoms with E-state index in [1.807, 2.05) is 23.9 Å². The SMILES string of the molecule is CCSC1(CNC(=NC)NCC(O)c2cc3ccccc3s2)CCOCC1.I. The maximum absolute atomic E-state index is 10.6. The van der Waals surface area contributed by atoms with Crippen LogP contribution < -0.4 is 10.6 Å². The normalized spacial score (nSPS) is 17.8. The van der Waals surface area contributed by atoms with Crippen LogP contribution in [0.2, 0.25) is 0 Å². The molecule has 156 valence electrons. The topological polar surface area (TPSA) is 65.9 Å². The molecule has 1 atom stereocenters. The van der Waals surface area contributed by atoms with Crippen LogP contribution in [0.4, 0.5) is 0 Å². The van der Waals surface area contributed by atoms with Crippen LogP contribution in [0.1, 0.15) is 30.7 Å². The minimum atomic E-state index is -0.553. The van der Waals surface area contributed by atoms with Gasteiger partial charge in [-0.1, -0.05) is 25.1 Å². The molecule has 0 radical (unpaired) electrons. The van der Waals surface area contributed by atoms with Crippen LogP contribution in [0.3, 0.4) is 0 Å². The minimum Gasteiger partial charge on any atom is -0.386 e. The summed E-state index contributed by atoms with van der Waals surface area (Å²) in [6, 6.07) is 10.3. The number of ether oxygens (including phenoxy) is 1. The van der Waals surface area contributed by atoms with E-state index in [-0.39, 0.29) is 28.7 Å². The highest BCUT2D eigenvalue weighted by Crippen LogP contribution is 2.34. The van der Waals surface area contributed by atoms with Gasteiger partial charge in [0.15, 0.2) is 5.96 Å². The van der Waals surface area contributed by atoms with Gasteiger partial charge in [-0.25, -0.2) is 0 Å². The Morgan fingerprint density at radius 1 is 1.32 bits per heavy atom. The van der Waals surface area contributed by atoms with Crippen LogP contribution in [0, 0.1) is 0 Å². The van der Waals surface area contributed by atoms with Crippen molar-refractivity contribution < 1.29 is 9.84 Å². The average molecular weight is 536 g/mol. The van der Waals surface area contributed by atoms with E-state index in [0.29, 0.717) is 6.54 Å². The smallest absolute Gasteiger partial charge is 0.191 e. The predicted octanol–water partition coefficient (Wildman–Crippen LogP) is 4.02. The number of thioether (sulfide) groups is 1. The fourth-order valence-electron chi connectivity index (χ4n) is 3.35. The largest absolute Gasteiger partial charge is 0.386 e. The number of aliphatic imine (C=N–C) groups is 1. The molecule has 5 nitrogen and oxygen atoms in total. The third-order valence-electron chi connectivity index (χ3n) is 4.89. The Morgan fingerprint density at radius 2 is 2.07 bits per heavy atom. The lowest BCUT2D eigenvalue weighted by Crippen LogP contribution is -2.48. The third-order valence-corrected chi connectivity index (χ3v) is 7.56. The van der Waals surface area contributed by atoms with Gasteiger partial charge in [-0.05, 0) is 36.1 Å². The van der Waals surface area contributed by atoms with Crippen LogP contribution in [-0.2, 0) is 4.74 Å². The number of nitrogens with one attached hydrogen (secondary N) is 2. The van der Waals surface area contributed by atoms with Gasteiger partial charge < -0.3 is 20.5 Å². The van der Waals surface area contributed by atoms with Gasteiger partial charge >= 0.3 is 0 Å². The first-order valence-corrected chi connectivity index (χ1v) is 11.3. The first-order chi connectivity index (χ1) is 13.2. The zero-order valence-electron chi connectivity index (χ0n) is 16.4.